The predicted molar refractivity (Wildman–Crippen MR) is 135 cm³/mol. The van der Waals surface area contributed by atoms with Crippen LogP contribution in [-0.4, -0.2) is 29.6 Å². The lowest BCUT2D eigenvalue weighted by atomic mass is 10.2. The van der Waals surface area contributed by atoms with Crippen molar-refractivity contribution in [3.63, 3.8) is 0 Å². The van der Waals surface area contributed by atoms with Crippen LogP contribution in [0.15, 0.2) is 77.9 Å². The molecule has 3 aromatic carbocycles. The molecule has 0 aliphatic carbocycles. The number of rotatable bonds is 8. The maximum Gasteiger partial charge on any atom is 0.281 e. The summed E-state index contributed by atoms with van der Waals surface area (Å²) in [7, 11) is 0. The Labute approximate surface area is 204 Å². The number of carbonyl (C=O) groups excluding carboxylic acids is 2. The molecule has 0 saturated heterocycles. The first-order valence-corrected chi connectivity index (χ1v) is 11.3. The highest BCUT2D eigenvalue weighted by Gasteiger charge is 2.13. The Morgan fingerprint density at radius 2 is 1.86 bits per heavy atom. The Hall–Kier alpha value is -4.57. The van der Waals surface area contributed by atoms with Crippen LogP contribution >= 0.6 is 11.3 Å². The number of hydrogen-bond acceptors (Lipinski definition) is 7. The van der Waals surface area contributed by atoms with Crippen molar-refractivity contribution < 1.29 is 19.2 Å². The van der Waals surface area contributed by atoms with Crippen LogP contribution in [0.4, 0.5) is 11.4 Å². The Morgan fingerprint density at radius 3 is 2.63 bits per heavy atom. The normalized spacial score (nSPS) is 10.9. The van der Waals surface area contributed by atoms with E-state index in [1.54, 1.807) is 36.4 Å². The van der Waals surface area contributed by atoms with Crippen LogP contribution < -0.4 is 15.5 Å². The van der Waals surface area contributed by atoms with Crippen LogP contribution in [0.1, 0.15) is 20.8 Å². The number of benzene rings is 3. The Balaban J connectivity index is 1.36. The van der Waals surface area contributed by atoms with Crippen molar-refractivity contribution in [3.8, 4) is 5.75 Å². The number of carbonyl (C=O) groups is 2. The highest BCUT2D eigenvalue weighted by atomic mass is 32.1. The highest BCUT2D eigenvalue weighted by Crippen LogP contribution is 2.29. The molecule has 1 heterocycles. The molecule has 10 heteroatoms. The maximum atomic E-state index is 12.5. The van der Waals surface area contributed by atoms with E-state index in [0.717, 1.165) is 10.3 Å². The Bertz CT molecular complexity index is 1430. The highest BCUT2D eigenvalue weighted by molar-refractivity contribution is 7.20. The summed E-state index contributed by atoms with van der Waals surface area (Å²) in [6.07, 6.45) is 1.42. The van der Waals surface area contributed by atoms with Gasteiger partial charge in [-0.2, -0.15) is 5.10 Å². The first-order valence-electron chi connectivity index (χ1n) is 10.5. The van der Waals surface area contributed by atoms with Gasteiger partial charge in [-0.15, -0.1) is 11.3 Å². The third-order valence-corrected chi connectivity index (χ3v) is 6.03. The molecule has 1 aromatic heterocycles. The lowest BCUT2D eigenvalue weighted by Gasteiger charge is -2.09. The van der Waals surface area contributed by atoms with Gasteiger partial charge in [0.05, 0.1) is 16.0 Å². The summed E-state index contributed by atoms with van der Waals surface area (Å²) in [5.41, 5.74) is 4.75. The molecule has 4 rings (SSSR count). The number of nitrogens with one attached hydrogen (secondary N) is 2. The van der Waals surface area contributed by atoms with Crippen LogP contribution in [-0.2, 0) is 4.79 Å². The summed E-state index contributed by atoms with van der Waals surface area (Å²) < 4.78 is 6.40. The van der Waals surface area contributed by atoms with Crippen LogP contribution in [0.3, 0.4) is 0 Å². The topological polar surface area (TPSA) is 123 Å². The number of non-ortho nitro benzene ring substituents is 1. The van der Waals surface area contributed by atoms with Gasteiger partial charge in [-0.1, -0.05) is 29.8 Å². The molecule has 2 N–H and O–H groups in total. The van der Waals surface area contributed by atoms with Gasteiger partial charge in [-0.05, 0) is 43.3 Å². The molecule has 0 aliphatic rings. The van der Waals surface area contributed by atoms with Crippen molar-refractivity contribution in [2.45, 2.75) is 6.92 Å². The van der Waals surface area contributed by atoms with Gasteiger partial charge >= 0.3 is 0 Å². The molecule has 0 fully saturated rings. The van der Waals surface area contributed by atoms with Crippen molar-refractivity contribution >= 4 is 50.8 Å². The first-order chi connectivity index (χ1) is 16.9. The van der Waals surface area contributed by atoms with Gasteiger partial charge in [0, 0.05) is 33.5 Å². The van der Waals surface area contributed by atoms with E-state index in [0.29, 0.717) is 27.3 Å². The van der Waals surface area contributed by atoms with E-state index in [1.807, 2.05) is 31.2 Å². The second-order valence-electron chi connectivity index (χ2n) is 7.53. The number of thiophene rings is 1. The largest absolute Gasteiger partial charge is 0.483 e. The number of hydrogen-bond donors (Lipinski definition) is 2. The van der Waals surface area contributed by atoms with Crippen LogP contribution in [0.25, 0.3) is 10.1 Å². The van der Waals surface area contributed by atoms with E-state index in [-0.39, 0.29) is 18.2 Å². The number of amides is 2. The number of nitro groups is 1. The van der Waals surface area contributed by atoms with Gasteiger partial charge in [0.2, 0.25) is 0 Å². The summed E-state index contributed by atoms with van der Waals surface area (Å²) in [5, 5.41) is 18.3. The molecule has 4 aromatic rings. The lowest BCUT2D eigenvalue weighted by Crippen LogP contribution is -2.20. The molecule has 0 aliphatic heterocycles. The summed E-state index contributed by atoms with van der Waals surface area (Å²) >= 11 is 1.21. The number of para-hydroxylation sites is 1. The lowest BCUT2D eigenvalue weighted by molar-refractivity contribution is -0.384. The fourth-order valence-corrected chi connectivity index (χ4v) is 4.10. The van der Waals surface area contributed by atoms with E-state index < -0.39 is 10.8 Å². The minimum Gasteiger partial charge on any atom is -0.483 e. The molecule has 2 amide bonds. The van der Waals surface area contributed by atoms with Crippen LogP contribution in [0.5, 0.6) is 5.75 Å². The van der Waals surface area contributed by atoms with Gasteiger partial charge in [0.1, 0.15) is 5.75 Å². The molecule has 0 unspecified atom stereocenters. The molecule has 0 radical (unpaired) electrons. The number of ether oxygens (including phenoxy) is 1. The van der Waals surface area contributed by atoms with Gasteiger partial charge in [-0.25, -0.2) is 5.43 Å². The zero-order valence-corrected chi connectivity index (χ0v) is 19.4. The van der Waals surface area contributed by atoms with Crippen molar-refractivity contribution in [2.24, 2.45) is 5.10 Å². The van der Waals surface area contributed by atoms with Crippen molar-refractivity contribution in [1.29, 1.82) is 0 Å². The van der Waals surface area contributed by atoms with E-state index in [1.165, 1.54) is 29.7 Å². The second-order valence-corrected chi connectivity index (χ2v) is 8.61. The van der Waals surface area contributed by atoms with E-state index >= 15 is 0 Å². The zero-order valence-electron chi connectivity index (χ0n) is 18.6. The predicted octanol–water partition coefficient (Wildman–Crippen LogP) is 4.90. The molecular weight excluding hydrogens is 468 g/mol. The summed E-state index contributed by atoms with van der Waals surface area (Å²) in [6, 6.07) is 20.4. The van der Waals surface area contributed by atoms with Crippen LogP contribution in [0, 0.1) is 17.0 Å². The van der Waals surface area contributed by atoms with E-state index in [2.05, 4.69) is 15.8 Å². The number of fused-ring (bicyclic) bond motifs is 1. The number of aryl methyl sites for hydroxylation is 1. The number of nitro benzene ring substituents is 1. The summed E-state index contributed by atoms with van der Waals surface area (Å²) in [6.45, 7) is 1.77. The molecule has 0 spiro atoms. The number of hydrazone groups is 1. The van der Waals surface area contributed by atoms with Gasteiger partial charge in [0.15, 0.2) is 6.61 Å². The van der Waals surface area contributed by atoms with Crippen molar-refractivity contribution in [1.82, 2.24) is 5.43 Å². The Kier molecular flexibility index (Phi) is 7.12. The quantitative estimate of drug-likeness (QED) is 0.207. The molecule has 35 heavy (non-hydrogen) atoms. The third-order valence-electron chi connectivity index (χ3n) is 4.92. The Morgan fingerprint density at radius 1 is 1.09 bits per heavy atom. The zero-order chi connectivity index (χ0) is 24.8. The third kappa shape index (κ3) is 6.06. The average molecular weight is 489 g/mol. The first kappa shape index (κ1) is 23.6. The molecule has 0 bridgehead atoms. The average Bonchev–Trinajstić information content (AvgIpc) is 3.28. The monoisotopic (exact) mass is 488 g/mol. The number of nitrogens with zero attached hydrogens (tertiary/aromatic N) is 2. The van der Waals surface area contributed by atoms with Crippen molar-refractivity contribution in [3.05, 3.63) is 98.9 Å². The van der Waals surface area contributed by atoms with Crippen LogP contribution in [0.2, 0.25) is 0 Å². The smallest absolute Gasteiger partial charge is 0.281 e. The fraction of sp³-hybridized carbons (Fsp3) is 0.0800. The molecule has 0 saturated carbocycles. The molecule has 9 nitrogen and oxygen atoms in total. The SMILES string of the molecule is Cc1ccc(NC(=O)COc2ccccc2C=NNC(=O)c2cc3cc([N+](=O)[O-])ccc3s2)cc1. The van der Waals surface area contributed by atoms with E-state index in [9.17, 15) is 19.7 Å². The van der Waals surface area contributed by atoms with Gasteiger partial charge < -0.3 is 10.1 Å². The standard InChI is InChI=1S/C25H20N4O5S/c1-16-6-8-19(9-7-16)27-24(30)15-34-21-5-3-2-4-17(21)14-26-28-25(31)23-13-18-12-20(29(32)33)10-11-22(18)35-23/h2-14H,15H2,1H3,(H,27,30)(H,28,31). The minimum atomic E-state index is -0.479. The summed E-state index contributed by atoms with van der Waals surface area (Å²) in [4.78, 5) is 35.5. The van der Waals surface area contributed by atoms with Gasteiger partial charge in [-0.3, -0.25) is 19.7 Å². The number of anilines is 1. The molecular formula is C25H20N4O5S. The van der Waals surface area contributed by atoms with Crippen molar-refractivity contribution in [2.75, 3.05) is 11.9 Å². The molecule has 0 atom stereocenters. The summed E-state index contributed by atoms with van der Waals surface area (Å²) in [5.74, 6) is -0.321. The van der Waals surface area contributed by atoms with Gasteiger partial charge in [0.25, 0.3) is 17.5 Å². The fourth-order valence-electron chi connectivity index (χ4n) is 3.17. The maximum absolute atomic E-state index is 12.5. The molecule has 176 valence electrons. The minimum absolute atomic E-state index is 0.0376. The second kappa shape index (κ2) is 10.6. The van der Waals surface area contributed by atoms with E-state index in [4.69, 9.17) is 4.74 Å².